The monoisotopic (exact) mass is 225 g/mol. The largest absolute Gasteiger partial charge is 0.324 e. The minimum absolute atomic E-state index is 0.0336. The molecule has 0 aromatic carbocycles. The fourth-order valence-electron chi connectivity index (χ4n) is 1.24. The van der Waals surface area contributed by atoms with Gasteiger partial charge in [-0.3, -0.25) is 0 Å². The van der Waals surface area contributed by atoms with Gasteiger partial charge in [-0.2, -0.15) is 0 Å². The lowest BCUT2D eigenvalue weighted by Crippen LogP contribution is -2.45. The first-order chi connectivity index (χ1) is 5.83. The first-order valence-corrected chi connectivity index (χ1v) is 7.18. The van der Waals surface area contributed by atoms with E-state index in [0.29, 0.717) is 6.42 Å². The van der Waals surface area contributed by atoms with Gasteiger partial charge in [0, 0.05) is 16.7 Å². The summed E-state index contributed by atoms with van der Waals surface area (Å²) in [6.07, 6.45) is 3.49. The summed E-state index contributed by atoms with van der Waals surface area (Å²) in [5.74, 6) is 0.0336. The van der Waals surface area contributed by atoms with E-state index in [2.05, 4.69) is 18.1 Å². The molecule has 13 heavy (non-hydrogen) atoms. The van der Waals surface area contributed by atoms with E-state index in [-0.39, 0.29) is 5.75 Å². The highest BCUT2D eigenvalue weighted by Gasteiger charge is 2.26. The van der Waals surface area contributed by atoms with E-state index < -0.39 is 14.3 Å². The van der Waals surface area contributed by atoms with E-state index in [4.69, 9.17) is 10.3 Å². The highest BCUT2D eigenvalue weighted by atomic mass is 32.8. The van der Waals surface area contributed by atoms with Crippen molar-refractivity contribution in [3.8, 4) is 0 Å². The van der Waals surface area contributed by atoms with Crippen molar-refractivity contribution in [2.24, 2.45) is 5.73 Å². The molecule has 2 unspecified atom stereocenters. The minimum atomic E-state index is -3.12. The van der Waals surface area contributed by atoms with Crippen LogP contribution in [0.25, 0.3) is 0 Å². The normalized spacial score (nSPS) is 20.6. The van der Waals surface area contributed by atoms with Gasteiger partial charge in [0.2, 0.25) is 0 Å². The van der Waals surface area contributed by atoms with Gasteiger partial charge in [0.1, 0.15) is 8.77 Å². The smallest absolute Gasteiger partial charge is 0.143 e. The lowest BCUT2D eigenvalue weighted by molar-refractivity contribution is 0.399. The maximum absolute atomic E-state index is 11.0. The van der Waals surface area contributed by atoms with Gasteiger partial charge < -0.3 is 10.3 Å². The average molecular weight is 225 g/mol. The van der Waals surface area contributed by atoms with E-state index in [1.807, 2.05) is 6.92 Å². The first-order valence-electron chi connectivity index (χ1n) is 4.57. The Bertz CT molecular complexity index is 239. The van der Waals surface area contributed by atoms with E-state index in [1.165, 1.54) is 0 Å². The van der Waals surface area contributed by atoms with Crippen LogP contribution in [-0.4, -0.2) is 20.1 Å². The summed E-state index contributed by atoms with van der Waals surface area (Å²) in [7, 11) is -3.12. The van der Waals surface area contributed by atoms with E-state index in [0.717, 1.165) is 19.3 Å². The number of rotatable bonds is 6. The fourth-order valence-corrected chi connectivity index (χ4v) is 3.02. The van der Waals surface area contributed by atoms with Crippen LogP contribution in [0.3, 0.4) is 0 Å². The summed E-state index contributed by atoms with van der Waals surface area (Å²) >= 11 is 4.45. The van der Waals surface area contributed by atoms with Crippen LogP contribution < -0.4 is 5.73 Å². The summed E-state index contributed by atoms with van der Waals surface area (Å²) < 4.78 is 20.1. The quantitative estimate of drug-likeness (QED) is 0.719. The molecular weight excluding hydrogens is 206 g/mol. The lowest BCUT2D eigenvalue weighted by Gasteiger charge is -2.27. The molecule has 80 valence electrons. The average Bonchev–Trinajstić information content (AvgIpc) is 1.98. The van der Waals surface area contributed by atoms with Gasteiger partial charge in [-0.1, -0.05) is 26.7 Å². The van der Waals surface area contributed by atoms with Crippen LogP contribution >= 0.6 is 0 Å². The molecule has 0 aliphatic carbocycles. The predicted octanol–water partition coefficient (Wildman–Crippen LogP) is 1.50. The summed E-state index contributed by atoms with van der Waals surface area (Å²) in [4.78, 5) is 0. The first kappa shape index (κ1) is 13.3. The molecule has 3 N–H and O–H groups in total. The number of hydrogen-bond acceptors (Lipinski definition) is 3. The van der Waals surface area contributed by atoms with Crippen molar-refractivity contribution in [2.75, 3.05) is 5.75 Å². The van der Waals surface area contributed by atoms with Gasteiger partial charge in [0.05, 0.1) is 5.75 Å². The van der Waals surface area contributed by atoms with Crippen molar-refractivity contribution in [1.29, 1.82) is 0 Å². The van der Waals surface area contributed by atoms with Crippen molar-refractivity contribution in [3.63, 3.8) is 0 Å². The molecule has 0 aromatic heterocycles. The molecule has 0 aliphatic rings. The molecule has 0 rings (SSSR count). The summed E-state index contributed by atoms with van der Waals surface area (Å²) in [6.45, 7) is 4.00. The summed E-state index contributed by atoms with van der Waals surface area (Å²) in [5, 5.41) is 0. The van der Waals surface area contributed by atoms with Gasteiger partial charge >= 0.3 is 0 Å². The Kier molecular flexibility index (Phi) is 5.36. The molecule has 5 heteroatoms. The third-order valence-corrected chi connectivity index (χ3v) is 3.50. The fraction of sp³-hybridized carbons (Fsp3) is 1.00. The molecule has 3 nitrogen and oxygen atoms in total. The number of hydrogen-bond donors (Lipinski definition) is 2. The van der Waals surface area contributed by atoms with Gasteiger partial charge in [0.25, 0.3) is 0 Å². The molecule has 0 heterocycles. The van der Waals surface area contributed by atoms with Crippen molar-refractivity contribution >= 4 is 20.0 Å². The maximum atomic E-state index is 11.0. The number of nitrogens with two attached hydrogens (primary N) is 1. The van der Waals surface area contributed by atoms with Crippen LogP contribution in [0.15, 0.2) is 0 Å². The van der Waals surface area contributed by atoms with Gasteiger partial charge in [-0.25, -0.2) is 4.21 Å². The Balaban J connectivity index is 4.28. The van der Waals surface area contributed by atoms with Crippen LogP contribution in [0.5, 0.6) is 0 Å². The second kappa shape index (κ2) is 5.24. The Hall–Kier alpha value is 0.290. The Morgan fingerprint density at radius 1 is 1.54 bits per heavy atom. The lowest BCUT2D eigenvalue weighted by atomic mass is 9.93. The van der Waals surface area contributed by atoms with Gasteiger partial charge in [-0.05, 0) is 12.8 Å². The number of unbranched alkanes of at least 4 members (excludes halogenated alkanes) is 1. The molecular formula is C8H19NO2S2. The van der Waals surface area contributed by atoms with Crippen molar-refractivity contribution in [2.45, 2.75) is 45.1 Å². The Morgan fingerprint density at radius 3 is 2.38 bits per heavy atom. The molecule has 0 aliphatic heterocycles. The van der Waals surface area contributed by atoms with Crippen molar-refractivity contribution in [3.05, 3.63) is 0 Å². The summed E-state index contributed by atoms with van der Waals surface area (Å²) in [5.41, 5.74) is 5.41. The Labute approximate surface area is 85.6 Å². The van der Waals surface area contributed by atoms with Crippen LogP contribution in [0, 0.1) is 0 Å². The van der Waals surface area contributed by atoms with Crippen LogP contribution in [0.4, 0.5) is 0 Å². The van der Waals surface area contributed by atoms with Crippen LogP contribution in [0.1, 0.15) is 39.5 Å². The molecule has 0 amide bonds. The standard InChI is InChI=1S/C8H19NO2S2/c1-3-5-6-8(9,4-2)7-13(10,11)12/h3-7,9H2,1-2H3,(H,10,11,12). The highest BCUT2D eigenvalue weighted by Crippen LogP contribution is 2.17. The molecule has 0 saturated carbocycles. The molecule has 2 atom stereocenters. The molecule has 0 spiro atoms. The second-order valence-corrected chi connectivity index (χ2v) is 6.56. The second-order valence-electron chi connectivity index (χ2n) is 3.55. The van der Waals surface area contributed by atoms with Crippen molar-refractivity contribution in [1.82, 2.24) is 0 Å². The molecule has 0 saturated heterocycles. The van der Waals surface area contributed by atoms with Crippen LogP contribution in [-0.2, 0) is 20.0 Å². The third-order valence-electron chi connectivity index (χ3n) is 2.20. The van der Waals surface area contributed by atoms with E-state index in [1.54, 1.807) is 0 Å². The Morgan fingerprint density at radius 2 is 2.08 bits per heavy atom. The van der Waals surface area contributed by atoms with E-state index in [9.17, 15) is 4.21 Å². The van der Waals surface area contributed by atoms with E-state index >= 15 is 0 Å². The highest BCUT2D eigenvalue weighted by molar-refractivity contribution is 8.29. The molecule has 0 aromatic rings. The molecule has 0 fully saturated rings. The zero-order valence-corrected chi connectivity index (χ0v) is 9.92. The maximum Gasteiger partial charge on any atom is 0.143 e. The van der Waals surface area contributed by atoms with Crippen LogP contribution in [0.2, 0.25) is 0 Å². The minimum Gasteiger partial charge on any atom is -0.324 e. The van der Waals surface area contributed by atoms with Crippen molar-refractivity contribution < 1.29 is 8.76 Å². The summed E-state index contributed by atoms with van der Waals surface area (Å²) in [6, 6.07) is 0. The zero-order valence-electron chi connectivity index (χ0n) is 8.28. The predicted molar refractivity (Wildman–Crippen MR) is 59.7 cm³/mol. The third kappa shape index (κ3) is 6.37. The molecule has 0 radical (unpaired) electrons. The topological polar surface area (TPSA) is 63.3 Å². The zero-order chi connectivity index (χ0) is 10.5. The van der Waals surface area contributed by atoms with Gasteiger partial charge in [-0.15, -0.1) is 0 Å². The SMILES string of the molecule is CCCCC(N)(CC)CS(=O)(O)=S. The van der Waals surface area contributed by atoms with Gasteiger partial charge in [0.15, 0.2) is 0 Å². The molecule has 0 bridgehead atoms.